The molecular weight excluding hydrogens is 182 g/mol. The van der Waals surface area contributed by atoms with Crippen LogP contribution in [0.2, 0.25) is 0 Å². The highest BCUT2D eigenvalue weighted by Crippen LogP contribution is 2.45. The lowest BCUT2D eigenvalue weighted by atomic mass is 9.62. The van der Waals surface area contributed by atoms with Crippen molar-refractivity contribution in [2.24, 2.45) is 11.3 Å². The van der Waals surface area contributed by atoms with E-state index in [1.54, 1.807) is 0 Å². The van der Waals surface area contributed by atoms with Crippen LogP contribution in [0.4, 0.5) is 0 Å². The molecule has 2 fully saturated rings. The number of rotatable bonds is 0. The zero-order chi connectivity index (χ0) is 10.3. The van der Waals surface area contributed by atoms with Crippen molar-refractivity contribution < 1.29 is 14.7 Å². The lowest BCUT2D eigenvalue weighted by molar-refractivity contribution is -0.152. The number of piperidine rings is 1. The summed E-state index contributed by atoms with van der Waals surface area (Å²) in [6.45, 7) is 1.93. The SMILES string of the molecule is CC12CCCC(O)C1C(=O)NC(=O)C2. The van der Waals surface area contributed by atoms with Crippen LogP contribution in [-0.2, 0) is 9.59 Å². The van der Waals surface area contributed by atoms with Gasteiger partial charge in [0.25, 0.3) is 0 Å². The zero-order valence-electron chi connectivity index (χ0n) is 8.25. The Hall–Kier alpha value is -0.900. The van der Waals surface area contributed by atoms with Crippen LogP contribution in [0, 0.1) is 11.3 Å². The third-order valence-corrected chi connectivity index (χ3v) is 3.49. The zero-order valence-corrected chi connectivity index (χ0v) is 8.25. The number of aliphatic hydroxyl groups excluding tert-OH is 1. The number of hydrogen-bond donors (Lipinski definition) is 2. The fourth-order valence-electron chi connectivity index (χ4n) is 2.82. The van der Waals surface area contributed by atoms with Gasteiger partial charge in [0.05, 0.1) is 12.0 Å². The summed E-state index contributed by atoms with van der Waals surface area (Å²) < 4.78 is 0. The van der Waals surface area contributed by atoms with E-state index in [1.807, 2.05) is 6.92 Å². The van der Waals surface area contributed by atoms with Crippen molar-refractivity contribution in [1.82, 2.24) is 5.32 Å². The van der Waals surface area contributed by atoms with E-state index in [1.165, 1.54) is 0 Å². The number of hydrogen-bond acceptors (Lipinski definition) is 3. The summed E-state index contributed by atoms with van der Waals surface area (Å²) in [7, 11) is 0. The van der Waals surface area contributed by atoms with Gasteiger partial charge in [0.1, 0.15) is 0 Å². The van der Waals surface area contributed by atoms with E-state index in [0.717, 1.165) is 12.8 Å². The van der Waals surface area contributed by atoms with Crippen LogP contribution >= 0.6 is 0 Å². The van der Waals surface area contributed by atoms with E-state index in [-0.39, 0.29) is 17.2 Å². The normalized spacial score (nSPS) is 43.0. The van der Waals surface area contributed by atoms with E-state index in [4.69, 9.17) is 0 Å². The summed E-state index contributed by atoms with van der Waals surface area (Å²) in [4.78, 5) is 22.8. The largest absolute Gasteiger partial charge is 0.392 e. The number of imide groups is 1. The molecule has 2 N–H and O–H groups in total. The molecule has 0 bridgehead atoms. The molecule has 4 nitrogen and oxygen atoms in total. The van der Waals surface area contributed by atoms with Crippen LogP contribution in [0.5, 0.6) is 0 Å². The summed E-state index contributed by atoms with van der Waals surface area (Å²) in [6, 6.07) is 0. The molecule has 2 rings (SSSR count). The van der Waals surface area contributed by atoms with Gasteiger partial charge in [-0.05, 0) is 18.3 Å². The minimum Gasteiger partial charge on any atom is -0.392 e. The number of amides is 2. The van der Waals surface area contributed by atoms with Crippen molar-refractivity contribution in [2.75, 3.05) is 0 Å². The fourth-order valence-corrected chi connectivity index (χ4v) is 2.82. The van der Waals surface area contributed by atoms with Gasteiger partial charge < -0.3 is 5.11 Å². The maximum atomic E-state index is 11.6. The molecule has 3 unspecified atom stereocenters. The van der Waals surface area contributed by atoms with Crippen molar-refractivity contribution in [2.45, 2.75) is 38.7 Å². The fraction of sp³-hybridized carbons (Fsp3) is 0.800. The van der Waals surface area contributed by atoms with Crippen molar-refractivity contribution in [3.63, 3.8) is 0 Å². The molecule has 2 aliphatic rings. The second-order valence-corrected chi connectivity index (χ2v) is 4.68. The van der Waals surface area contributed by atoms with Crippen LogP contribution in [0.15, 0.2) is 0 Å². The summed E-state index contributed by atoms with van der Waals surface area (Å²) in [6.07, 6.45) is 2.20. The highest BCUT2D eigenvalue weighted by atomic mass is 16.3. The van der Waals surface area contributed by atoms with Crippen LogP contribution in [0.25, 0.3) is 0 Å². The number of carbonyl (C=O) groups excluding carboxylic acids is 2. The summed E-state index contributed by atoms with van der Waals surface area (Å²) in [5.41, 5.74) is -0.322. The third kappa shape index (κ3) is 1.34. The Morgan fingerprint density at radius 3 is 2.93 bits per heavy atom. The Morgan fingerprint density at radius 2 is 2.21 bits per heavy atom. The molecule has 0 radical (unpaired) electrons. The van der Waals surface area contributed by atoms with Gasteiger partial charge in [-0.3, -0.25) is 14.9 Å². The van der Waals surface area contributed by atoms with E-state index >= 15 is 0 Å². The maximum Gasteiger partial charge on any atom is 0.232 e. The minimum absolute atomic E-state index is 0.206. The molecule has 1 saturated heterocycles. The predicted molar refractivity (Wildman–Crippen MR) is 49.2 cm³/mol. The topological polar surface area (TPSA) is 66.4 Å². The monoisotopic (exact) mass is 197 g/mol. The van der Waals surface area contributed by atoms with Crippen LogP contribution in [0.3, 0.4) is 0 Å². The van der Waals surface area contributed by atoms with Crippen LogP contribution in [-0.4, -0.2) is 23.0 Å². The van der Waals surface area contributed by atoms with Gasteiger partial charge in [0, 0.05) is 6.42 Å². The van der Waals surface area contributed by atoms with Crippen LogP contribution < -0.4 is 5.32 Å². The molecule has 78 valence electrons. The number of nitrogens with one attached hydrogen (secondary N) is 1. The summed E-state index contributed by atoms with van der Waals surface area (Å²) >= 11 is 0. The molecule has 3 atom stereocenters. The Balaban J connectivity index is 2.30. The maximum absolute atomic E-state index is 11.6. The summed E-state index contributed by atoms with van der Waals surface area (Å²) in [5, 5.41) is 12.1. The molecule has 4 heteroatoms. The first-order valence-corrected chi connectivity index (χ1v) is 5.05. The minimum atomic E-state index is -0.582. The molecule has 1 saturated carbocycles. The van der Waals surface area contributed by atoms with Crippen molar-refractivity contribution in [3.05, 3.63) is 0 Å². The molecule has 0 spiro atoms. The van der Waals surface area contributed by atoms with E-state index in [9.17, 15) is 14.7 Å². The van der Waals surface area contributed by atoms with Gasteiger partial charge in [-0.25, -0.2) is 0 Å². The molecular formula is C10H15NO3. The van der Waals surface area contributed by atoms with E-state index < -0.39 is 12.0 Å². The molecule has 0 aromatic rings. The van der Waals surface area contributed by atoms with E-state index in [2.05, 4.69) is 5.32 Å². The smallest absolute Gasteiger partial charge is 0.232 e. The lowest BCUT2D eigenvalue weighted by Crippen LogP contribution is -2.56. The van der Waals surface area contributed by atoms with Gasteiger partial charge in [-0.1, -0.05) is 13.3 Å². The Labute approximate surface area is 82.7 Å². The predicted octanol–water partition coefficient (Wildman–Crippen LogP) is 0.200. The third-order valence-electron chi connectivity index (χ3n) is 3.49. The molecule has 14 heavy (non-hydrogen) atoms. The molecule has 1 aliphatic heterocycles. The van der Waals surface area contributed by atoms with Gasteiger partial charge in [-0.2, -0.15) is 0 Å². The Kier molecular flexibility index (Phi) is 2.10. The molecule has 2 amide bonds. The number of fused-ring (bicyclic) bond motifs is 1. The second-order valence-electron chi connectivity index (χ2n) is 4.68. The average molecular weight is 197 g/mol. The van der Waals surface area contributed by atoms with Gasteiger partial charge in [0.15, 0.2) is 0 Å². The van der Waals surface area contributed by atoms with Crippen molar-refractivity contribution in [1.29, 1.82) is 0 Å². The average Bonchev–Trinajstić information content (AvgIpc) is 2.00. The van der Waals surface area contributed by atoms with Crippen molar-refractivity contribution >= 4 is 11.8 Å². The van der Waals surface area contributed by atoms with Gasteiger partial charge in [0.2, 0.25) is 11.8 Å². The first-order valence-electron chi connectivity index (χ1n) is 5.05. The molecule has 1 aliphatic carbocycles. The second kappa shape index (κ2) is 3.05. The van der Waals surface area contributed by atoms with Crippen molar-refractivity contribution in [3.8, 4) is 0 Å². The lowest BCUT2D eigenvalue weighted by Gasteiger charge is -2.45. The quantitative estimate of drug-likeness (QED) is 0.545. The molecule has 0 aromatic carbocycles. The molecule has 1 heterocycles. The number of carbonyl (C=O) groups is 2. The Morgan fingerprint density at radius 1 is 1.50 bits per heavy atom. The highest BCUT2D eigenvalue weighted by Gasteiger charge is 2.50. The van der Waals surface area contributed by atoms with E-state index in [0.29, 0.717) is 12.8 Å². The summed E-state index contributed by atoms with van der Waals surface area (Å²) in [5.74, 6) is -0.896. The highest BCUT2D eigenvalue weighted by molar-refractivity contribution is 6.00. The van der Waals surface area contributed by atoms with Gasteiger partial charge >= 0.3 is 0 Å². The van der Waals surface area contributed by atoms with Gasteiger partial charge in [-0.15, -0.1) is 0 Å². The first-order chi connectivity index (χ1) is 6.53. The molecule has 0 aromatic heterocycles. The van der Waals surface area contributed by atoms with Crippen LogP contribution in [0.1, 0.15) is 32.6 Å². The Bertz CT molecular complexity index is 289. The number of aliphatic hydroxyl groups is 1. The standard InChI is InChI=1S/C10H15NO3/c1-10-4-2-3-6(12)8(10)9(14)11-7(13)5-10/h6,8,12H,2-5H2,1H3,(H,11,13,14). The first kappa shape index (κ1) is 9.65.